The molecule has 0 aliphatic rings. The molecule has 0 aliphatic heterocycles. The number of carbonyl (C=O) groups excluding carboxylic acids is 2. The summed E-state index contributed by atoms with van der Waals surface area (Å²) in [7, 11) is 1.50. The first-order chi connectivity index (χ1) is 7.63. The summed E-state index contributed by atoms with van der Waals surface area (Å²) in [6, 6.07) is 3.28. The molecule has 1 rings (SSSR count). The van der Waals surface area contributed by atoms with E-state index in [1.807, 2.05) is 0 Å². The maximum atomic E-state index is 11.2. The van der Waals surface area contributed by atoms with Crippen LogP contribution in [-0.4, -0.2) is 19.3 Å². The molecule has 4 nitrogen and oxygen atoms in total. The minimum Gasteiger partial charge on any atom is -0.495 e. The quantitative estimate of drug-likeness (QED) is 0.622. The van der Waals surface area contributed by atoms with Crippen LogP contribution in [0, 0.1) is 6.92 Å². The van der Waals surface area contributed by atoms with Crippen LogP contribution in [0.4, 0.5) is 5.69 Å². The Bertz CT molecular complexity index is 438. The van der Waals surface area contributed by atoms with Crippen molar-refractivity contribution in [3.05, 3.63) is 35.9 Å². The van der Waals surface area contributed by atoms with E-state index in [1.165, 1.54) is 7.11 Å². The van der Waals surface area contributed by atoms with Gasteiger partial charge in [-0.15, -0.1) is 0 Å². The Kier molecular flexibility index (Phi) is 3.83. The molecule has 0 atom stereocenters. The van der Waals surface area contributed by atoms with Crippen molar-refractivity contribution < 1.29 is 14.3 Å². The zero-order valence-corrected chi connectivity index (χ0v) is 9.24. The largest absolute Gasteiger partial charge is 0.495 e. The normalized spacial score (nSPS) is 9.38. The Hall–Kier alpha value is -2.10. The lowest BCUT2D eigenvalue weighted by molar-refractivity contribution is -0.111. The van der Waals surface area contributed by atoms with Crippen molar-refractivity contribution in [3.8, 4) is 5.75 Å². The number of carbonyl (C=O) groups is 2. The topological polar surface area (TPSA) is 55.4 Å². The summed E-state index contributed by atoms with van der Waals surface area (Å²) >= 11 is 0. The molecular weight excluding hydrogens is 206 g/mol. The molecule has 84 valence electrons. The van der Waals surface area contributed by atoms with Crippen LogP contribution < -0.4 is 10.1 Å². The van der Waals surface area contributed by atoms with Crippen LogP contribution in [0.2, 0.25) is 0 Å². The van der Waals surface area contributed by atoms with E-state index in [9.17, 15) is 9.59 Å². The lowest BCUT2D eigenvalue weighted by atomic mass is 10.1. The number of aldehydes is 1. The van der Waals surface area contributed by atoms with Gasteiger partial charge >= 0.3 is 0 Å². The molecule has 0 aromatic heterocycles. The van der Waals surface area contributed by atoms with Gasteiger partial charge in [0.05, 0.1) is 12.8 Å². The van der Waals surface area contributed by atoms with Gasteiger partial charge in [0.2, 0.25) is 5.91 Å². The summed E-state index contributed by atoms with van der Waals surface area (Å²) < 4.78 is 5.11. The highest BCUT2D eigenvalue weighted by Crippen LogP contribution is 2.29. The van der Waals surface area contributed by atoms with E-state index in [0.717, 1.165) is 12.4 Å². The SMILES string of the molecule is C=CC(=O)Nc1c(OC)ccc(C=O)c1C. The highest BCUT2D eigenvalue weighted by molar-refractivity contribution is 6.01. The van der Waals surface area contributed by atoms with Gasteiger partial charge in [0.15, 0.2) is 0 Å². The number of benzene rings is 1. The maximum absolute atomic E-state index is 11.2. The predicted molar refractivity (Wildman–Crippen MR) is 61.9 cm³/mol. The Morgan fingerprint density at radius 1 is 1.50 bits per heavy atom. The molecule has 1 aromatic carbocycles. The van der Waals surface area contributed by atoms with Gasteiger partial charge in [-0.1, -0.05) is 6.58 Å². The van der Waals surface area contributed by atoms with Crippen molar-refractivity contribution in [2.45, 2.75) is 6.92 Å². The summed E-state index contributed by atoms with van der Waals surface area (Å²) in [5, 5.41) is 2.61. The van der Waals surface area contributed by atoms with Gasteiger partial charge in [0, 0.05) is 5.56 Å². The standard InChI is InChI=1S/C12H13NO3/c1-4-11(15)13-12-8(2)9(7-14)5-6-10(12)16-3/h4-7H,1H2,2-3H3,(H,13,15). The van der Waals surface area contributed by atoms with Gasteiger partial charge in [0.25, 0.3) is 0 Å². The third-order valence-electron chi connectivity index (χ3n) is 2.25. The number of amides is 1. The van der Waals surface area contributed by atoms with Gasteiger partial charge in [-0.3, -0.25) is 9.59 Å². The fraction of sp³-hybridized carbons (Fsp3) is 0.167. The molecule has 1 aromatic rings. The van der Waals surface area contributed by atoms with Gasteiger partial charge in [-0.2, -0.15) is 0 Å². The Labute approximate surface area is 93.9 Å². The van der Waals surface area contributed by atoms with E-state index < -0.39 is 0 Å². The fourth-order valence-electron chi connectivity index (χ4n) is 1.33. The van der Waals surface area contributed by atoms with Crippen molar-refractivity contribution >= 4 is 17.9 Å². The number of methoxy groups -OCH3 is 1. The van der Waals surface area contributed by atoms with E-state index in [4.69, 9.17) is 4.74 Å². The maximum Gasteiger partial charge on any atom is 0.247 e. The molecule has 0 spiro atoms. The molecule has 0 radical (unpaired) electrons. The summed E-state index contributed by atoms with van der Waals surface area (Å²) in [6.07, 6.45) is 1.89. The number of anilines is 1. The van der Waals surface area contributed by atoms with Crippen molar-refractivity contribution in [2.24, 2.45) is 0 Å². The second-order valence-electron chi connectivity index (χ2n) is 3.17. The molecule has 4 heteroatoms. The summed E-state index contributed by atoms with van der Waals surface area (Å²) in [6.45, 7) is 5.10. The molecule has 0 bridgehead atoms. The molecular formula is C12H13NO3. The minimum absolute atomic E-state index is 0.343. The molecule has 0 aliphatic carbocycles. The third kappa shape index (κ3) is 2.28. The summed E-state index contributed by atoms with van der Waals surface area (Å²) in [4.78, 5) is 22.0. The van der Waals surface area contributed by atoms with Crippen LogP contribution in [-0.2, 0) is 4.79 Å². The number of ether oxygens (including phenoxy) is 1. The summed E-state index contributed by atoms with van der Waals surface area (Å²) in [5.41, 5.74) is 1.68. The first-order valence-electron chi connectivity index (χ1n) is 4.70. The Morgan fingerprint density at radius 2 is 2.19 bits per heavy atom. The molecule has 0 saturated carbocycles. The second kappa shape index (κ2) is 5.11. The third-order valence-corrected chi connectivity index (χ3v) is 2.25. The smallest absolute Gasteiger partial charge is 0.247 e. The summed E-state index contributed by atoms with van der Waals surface area (Å²) in [5.74, 6) is 0.169. The van der Waals surface area contributed by atoms with Crippen LogP contribution >= 0.6 is 0 Å². The molecule has 0 saturated heterocycles. The van der Waals surface area contributed by atoms with Crippen LogP contribution in [0.15, 0.2) is 24.8 Å². The second-order valence-corrected chi connectivity index (χ2v) is 3.17. The monoisotopic (exact) mass is 219 g/mol. The Balaban J connectivity index is 3.25. The van der Waals surface area contributed by atoms with E-state index >= 15 is 0 Å². The molecule has 0 fully saturated rings. The molecule has 0 unspecified atom stereocenters. The number of hydrogen-bond donors (Lipinski definition) is 1. The fourth-order valence-corrected chi connectivity index (χ4v) is 1.33. The van der Waals surface area contributed by atoms with Crippen LogP contribution in [0.25, 0.3) is 0 Å². The van der Waals surface area contributed by atoms with Crippen LogP contribution in [0.3, 0.4) is 0 Å². The molecule has 1 N–H and O–H groups in total. The van der Waals surface area contributed by atoms with Crippen LogP contribution in [0.5, 0.6) is 5.75 Å². The van der Waals surface area contributed by atoms with Gasteiger partial charge in [-0.05, 0) is 30.7 Å². The van der Waals surface area contributed by atoms with E-state index in [1.54, 1.807) is 19.1 Å². The van der Waals surface area contributed by atoms with Crippen molar-refractivity contribution in [1.29, 1.82) is 0 Å². The lowest BCUT2D eigenvalue weighted by Gasteiger charge is -2.13. The van der Waals surface area contributed by atoms with E-state index in [2.05, 4.69) is 11.9 Å². The van der Waals surface area contributed by atoms with Gasteiger partial charge in [0.1, 0.15) is 12.0 Å². The molecule has 16 heavy (non-hydrogen) atoms. The van der Waals surface area contributed by atoms with Gasteiger partial charge in [-0.25, -0.2) is 0 Å². The first kappa shape index (κ1) is 12.0. The minimum atomic E-state index is -0.343. The molecule has 1 amide bonds. The first-order valence-corrected chi connectivity index (χ1v) is 4.70. The number of hydrogen-bond acceptors (Lipinski definition) is 3. The number of nitrogens with one attached hydrogen (secondary N) is 1. The predicted octanol–water partition coefficient (Wildman–Crippen LogP) is 1.94. The molecule has 0 heterocycles. The van der Waals surface area contributed by atoms with E-state index in [-0.39, 0.29) is 5.91 Å². The van der Waals surface area contributed by atoms with E-state index in [0.29, 0.717) is 22.6 Å². The average molecular weight is 219 g/mol. The lowest BCUT2D eigenvalue weighted by Crippen LogP contribution is -2.10. The zero-order chi connectivity index (χ0) is 12.1. The van der Waals surface area contributed by atoms with Crippen LogP contribution in [0.1, 0.15) is 15.9 Å². The highest BCUT2D eigenvalue weighted by Gasteiger charge is 2.11. The average Bonchev–Trinajstić information content (AvgIpc) is 2.31. The Morgan fingerprint density at radius 3 is 2.69 bits per heavy atom. The number of rotatable bonds is 4. The highest BCUT2D eigenvalue weighted by atomic mass is 16.5. The van der Waals surface area contributed by atoms with Crippen molar-refractivity contribution in [2.75, 3.05) is 12.4 Å². The zero-order valence-electron chi connectivity index (χ0n) is 9.24. The van der Waals surface area contributed by atoms with Gasteiger partial charge < -0.3 is 10.1 Å². The van der Waals surface area contributed by atoms with Crippen molar-refractivity contribution in [3.63, 3.8) is 0 Å². The van der Waals surface area contributed by atoms with Crippen molar-refractivity contribution in [1.82, 2.24) is 0 Å².